The van der Waals surface area contributed by atoms with Gasteiger partial charge in [0, 0.05) is 12.0 Å². The summed E-state index contributed by atoms with van der Waals surface area (Å²) in [5.41, 5.74) is -0.582. The van der Waals surface area contributed by atoms with Crippen molar-refractivity contribution in [2.45, 2.75) is 51.2 Å². The van der Waals surface area contributed by atoms with Gasteiger partial charge in [0.05, 0.1) is 12.2 Å². The third-order valence-corrected chi connectivity index (χ3v) is 12.7. The molecule has 2 aromatic rings. The van der Waals surface area contributed by atoms with Gasteiger partial charge in [-0.15, -0.1) is 0 Å². The Kier molecular flexibility index (Phi) is 5.34. The summed E-state index contributed by atoms with van der Waals surface area (Å²) >= 11 is 0. The highest BCUT2D eigenvalue weighted by Crippen LogP contribution is 2.62. The van der Waals surface area contributed by atoms with Gasteiger partial charge in [0.25, 0.3) is 8.32 Å². The van der Waals surface area contributed by atoms with Crippen LogP contribution in [0.1, 0.15) is 40.5 Å². The maximum absolute atomic E-state index is 11.5. The number of benzene rings is 2. The van der Waals surface area contributed by atoms with Gasteiger partial charge in [0.15, 0.2) is 0 Å². The Hall–Kier alpha value is -1.72. The minimum Gasteiger partial charge on any atom is -0.407 e. The van der Waals surface area contributed by atoms with Crippen LogP contribution < -0.4 is 10.4 Å². The van der Waals surface area contributed by atoms with E-state index in [1.807, 2.05) is 6.08 Å². The number of hydrogen-bond acceptors (Lipinski definition) is 3. The Labute approximate surface area is 181 Å². The molecule has 2 aliphatic carbocycles. The Morgan fingerprint density at radius 1 is 1.00 bits per heavy atom. The van der Waals surface area contributed by atoms with Crippen molar-refractivity contribution in [3.8, 4) is 0 Å². The Morgan fingerprint density at radius 3 is 2.00 bits per heavy atom. The summed E-state index contributed by atoms with van der Waals surface area (Å²) < 4.78 is 7.14. The van der Waals surface area contributed by atoms with Crippen LogP contribution in [0, 0.1) is 11.3 Å². The van der Waals surface area contributed by atoms with E-state index in [1.54, 1.807) is 0 Å². The summed E-state index contributed by atoms with van der Waals surface area (Å²) in [4.78, 5) is 0. The molecule has 160 valence electrons. The van der Waals surface area contributed by atoms with Gasteiger partial charge >= 0.3 is 0 Å². The van der Waals surface area contributed by atoms with Crippen LogP contribution in [0.15, 0.2) is 72.3 Å². The number of fused-ring (bicyclic) bond motifs is 2. The number of rotatable bonds is 6. The van der Waals surface area contributed by atoms with Crippen molar-refractivity contribution in [3.05, 3.63) is 72.3 Å². The van der Waals surface area contributed by atoms with Crippen molar-refractivity contribution in [2.75, 3.05) is 13.2 Å². The van der Waals surface area contributed by atoms with Crippen molar-refractivity contribution in [3.63, 3.8) is 0 Å². The highest BCUT2D eigenvalue weighted by molar-refractivity contribution is 6.99. The first-order chi connectivity index (χ1) is 14.2. The fraction of sp³-hybridized carbons (Fsp3) is 0.462. The Bertz CT molecular complexity index is 879. The van der Waals surface area contributed by atoms with Gasteiger partial charge in [-0.05, 0) is 39.7 Å². The van der Waals surface area contributed by atoms with E-state index >= 15 is 0 Å². The zero-order valence-electron chi connectivity index (χ0n) is 18.6. The molecule has 2 N–H and O–H groups in total. The van der Waals surface area contributed by atoms with Gasteiger partial charge in [0.1, 0.15) is 0 Å². The number of hydrogen-bond donors (Lipinski definition) is 2. The molecule has 0 unspecified atom stereocenters. The summed E-state index contributed by atoms with van der Waals surface area (Å²) in [5.74, 6) is 0.385. The van der Waals surface area contributed by atoms with Crippen LogP contribution in [-0.2, 0) is 4.43 Å². The molecule has 1 saturated carbocycles. The lowest BCUT2D eigenvalue weighted by atomic mass is 9.45. The van der Waals surface area contributed by atoms with Crippen molar-refractivity contribution in [1.82, 2.24) is 0 Å². The average Bonchev–Trinajstić information content (AvgIpc) is 2.74. The molecule has 3 nitrogen and oxygen atoms in total. The molecule has 0 aromatic heterocycles. The van der Waals surface area contributed by atoms with Gasteiger partial charge in [-0.3, -0.25) is 0 Å². The zero-order valence-corrected chi connectivity index (χ0v) is 19.6. The van der Waals surface area contributed by atoms with Crippen LogP contribution in [0.5, 0.6) is 0 Å². The SMILES string of the molecule is CC(C)(C)[Si](OC[C@]1(C)[C@H]2CC=C(CO)[C@]1(O)C2)(c1ccccc1)c1ccccc1. The minimum atomic E-state index is -2.65. The van der Waals surface area contributed by atoms with E-state index in [1.165, 1.54) is 10.4 Å². The molecule has 0 aliphatic heterocycles. The van der Waals surface area contributed by atoms with Gasteiger partial charge in [-0.25, -0.2) is 0 Å². The third kappa shape index (κ3) is 2.96. The van der Waals surface area contributed by atoms with Crippen LogP contribution in [0.3, 0.4) is 0 Å². The number of aliphatic hydroxyl groups is 2. The van der Waals surface area contributed by atoms with Crippen LogP contribution >= 0.6 is 0 Å². The normalized spacial score (nSPS) is 28.6. The van der Waals surface area contributed by atoms with Gasteiger partial charge < -0.3 is 14.6 Å². The van der Waals surface area contributed by atoms with Crippen LogP contribution in [0.2, 0.25) is 5.04 Å². The molecular weight excluding hydrogens is 388 g/mol. The molecule has 2 aliphatic rings. The molecule has 3 atom stereocenters. The highest BCUT2D eigenvalue weighted by atomic mass is 28.4. The van der Waals surface area contributed by atoms with E-state index in [0.717, 1.165) is 18.4 Å². The molecule has 30 heavy (non-hydrogen) atoms. The lowest BCUT2D eigenvalue weighted by Gasteiger charge is -2.64. The lowest BCUT2D eigenvalue weighted by Crippen LogP contribution is -2.71. The molecule has 0 heterocycles. The monoisotopic (exact) mass is 422 g/mol. The molecule has 0 radical (unpaired) electrons. The smallest absolute Gasteiger partial charge is 0.261 e. The van der Waals surface area contributed by atoms with Crippen molar-refractivity contribution >= 4 is 18.7 Å². The Morgan fingerprint density at radius 2 is 1.53 bits per heavy atom. The summed E-state index contributed by atoms with van der Waals surface area (Å²) in [6, 6.07) is 21.3. The van der Waals surface area contributed by atoms with E-state index in [2.05, 4.69) is 88.4 Å². The molecule has 0 saturated heterocycles. The molecule has 0 amide bonds. The predicted molar refractivity (Wildman–Crippen MR) is 125 cm³/mol. The van der Waals surface area contributed by atoms with E-state index in [9.17, 15) is 10.2 Å². The molecule has 0 spiro atoms. The summed E-state index contributed by atoms with van der Waals surface area (Å²) in [6.45, 7) is 9.36. The van der Waals surface area contributed by atoms with Gasteiger partial charge in [-0.1, -0.05) is 94.4 Å². The third-order valence-electron chi connectivity index (χ3n) is 7.74. The highest BCUT2D eigenvalue weighted by Gasteiger charge is 2.66. The number of aliphatic hydroxyl groups excluding tert-OH is 1. The fourth-order valence-corrected chi connectivity index (χ4v) is 10.4. The van der Waals surface area contributed by atoms with Crippen molar-refractivity contribution < 1.29 is 14.6 Å². The second-order valence-electron chi connectivity index (χ2n) is 10.3. The molecule has 4 heteroatoms. The standard InChI is InChI=1S/C26H34O3Si/c1-24(2,3)30(22-11-7-5-8-12-22,23-13-9-6-10-14-23)29-19-25(4)20-15-16-21(18-27)26(25,28)17-20/h5-14,16,20,27-28H,15,17-19H2,1-4H3/t20-,25+,26+/m0/s1. The second kappa shape index (κ2) is 7.45. The van der Waals surface area contributed by atoms with Crippen LogP contribution in [0.25, 0.3) is 0 Å². The molecular formula is C26H34O3Si. The first kappa shape index (κ1) is 21.5. The first-order valence-corrected chi connectivity index (χ1v) is 12.9. The largest absolute Gasteiger partial charge is 0.407 e. The topological polar surface area (TPSA) is 49.7 Å². The van der Waals surface area contributed by atoms with E-state index in [4.69, 9.17) is 4.43 Å². The van der Waals surface area contributed by atoms with Gasteiger partial charge in [-0.2, -0.15) is 0 Å². The lowest BCUT2D eigenvalue weighted by molar-refractivity contribution is -0.204. The van der Waals surface area contributed by atoms with E-state index < -0.39 is 13.9 Å². The molecule has 4 rings (SSSR count). The summed E-state index contributed by atoms with van der Waals surface area (Å²) in [7, 11) is -2.65. The molecule has 2 bridgehead atoms. The quantitative estimate of drug-likeness (QED) is 0.552. The summed E-state index contributed by atoms with van der Waals surface area (Å²) in [6.07, 6.45) is 3.65. The zero-order chi connectivity index (χ0) is 21.6. The summed E-state index contributed by atoms with van der Waals surface area (Å²) in [5, 5.41) is 23.7. The first-order valence-electron chi connectivity index (χ1n) is 11.0. The van der Waals surface area contributed by atoms with Gasteiger partial charge in [0.2, 0.25) is 0 Å². The predicted octanol–water partition coefficient (Wildman–Crippen LogP) is 3.64. The molecule has 1 fully saturated rings. The fourth-order valence-electron chi connectivity index (χ4n) is 5.77. The van der Waals surface area contributed by atoms with E-state index in [-0.39, 0.29) is 17.1 Å². The van der Waals surface area contributed by atoms with Crippen LogP contribution in [-0.4, -0.2) is 37.3 Å². The van der Waals surface area contributed by atoms with Crippen LogP contribution in [0.4, 0.5) is 0 Å². The second-order valence-corrected chi connectivity index (χ2v) is 14.6. The van der Waals surface area contributed by atoms with E-state index in [0.29, 0.717) is 12.5 Å². The Balaban J connectivity index is 1.78. The number of allylic oxidation sites excluding steroid dienone is 1. The average molecular weight is 423 g/mol. The maximum Gasteiger partial charge on any atom is 0.261 e. The maximum atomic E-state index is 11.5. The molecule has 2 aromatic carbocycles. The minimum absolute atomic E-state index is 0.0853. The van der Waals surface area contributed by atoms with Crippen molar-refractivity contribution in [2.24, 2.45) is 11.3 Å². The van der Waals surface area contributed by atoms with Crippen molar-refractivity contribution in [1.29, 1.82) is 0 Å².